The highest BCUT2D eigenvalue weighted by molar-refractivity contribution is 5.24. The number of halogens is 3. The molecule has 0 radical (unpaired) electrons. The lowest BCUT2D eigenvalue weighted by Crippen LogP contribution is -2.09. The van der Waals surface area contributed by atoms with E-state index in [9.17, 15) is 13.2 Å². The SMILES string of the molecule is CCCc1ccc(C(F)(F)F)c(C)n1. The maximum absolute atomic E-state index is 12.3. The Balaban J connectivity index is 3.02. The van der Waals surface area contributed by atoms with E-state index in [4.69, 9.17) is 0 Å². The Hall–Kier alpha value is -1.06. The maximum atomic E-state index is 12.3. The van der Waals surface area contributed by atoms with Crippen LogP contribution < -0.4 is 0 Å². The van der Waals surface area contributed by atoms with Gasteiger partial charge in [-0.05, 0) is 25.5 Å². The van der Waals surface area contributed by atoms with Gasteiger partial charge in [-0.1, -0.05) is 13.3 Å². The smallest absolute Gasteiger partial charge is 0.258 e. The van der Waals surface area contributed by atoms with Crippen LogP contribution >= 0.6 is 0 Å². The van der Waals surface area contributed by atoms with Crippen LogP contribution in [0, 0.1) is 6.92 Å². The summed E-state index contributed by atoms with van der Waals surface area (Å²) in [7, 11) is 0. The van der Waals surface area contributed by atoms with Crippen molar-refractivity contribution >= 4 is 0 Å². The zero-order chi connectivity index (χ0) is 10.8. The summed E-state index contributed by atoms with van der Waals surface area (Å²) in [5, 5.41) is 0. The fourth-order valence-electron chi connectivity index (χ4n) is 1.31. The van der Waals surface area contributed by atoms with Crippen molar-refractivity contribution in [1.29, 1.82) is 0 Å². The summed E-state index contributed by atoms with van der Waals surface area (Å²) >= 11 is 0. The molecular formula is C10H12F3N. The molecule has 1 rings (SSSR count). The van der Waals surface area contributed by atoms with Crippen molar-refractivity contribution in [3.05, 3.63) is 29.1 Å². The number of hydrogen-bond donors (Lipinski definition) is 0. The number of rotatable bonds is 2. The molecule has 0 unspecified atom stereocenters. The van der Waals surface area contributed by atoms with E-state index in [1.165, 1.54) is 13.0 Å². The monoisotopic (exact) mass is 203 g/mol. The molecule has 0 N–H and O–H groups in total. The molecule has 0 fully saturated rings. The third-order valence-electron chi connectivity index (χ3n) is 1.96. The van der Waals surface area contributed by atoms with Crippen LogP contribution in [0.2, 0.25) is 0 Å². The summed E-state index contributed by atoms with van der Waals surface area (Å²) in [6, 6.07) is 2.55. The van der Waals surface area contributed by atoms with Crippen LogP contribution in [0.4, 0.5) is 13.2 Å². The largest absolute Gasteiger partial charge is 0.418 e. The summed E-state index contributed by atoms with van der Waals surface area (Å²) < 4.78 is 37.0. The lowest BCUT2D eigenvalue weighted by atomic mass is 10.1. The van der Waals surface area contributed by atoms with Gasteiger partial charge in [0.1, 0.15) is 0 Å². The Morgan fingerprint density at radius 1 is 1.29 bits per heavy atom. The van der Waals surface area contributed by atoms with E-state index in [1.807, 2.05) is 6.92 Å². The number of aromatic nitrogens is 1. The number of pyridine rings is 1. The van der Waals surface area contributed by atoms with Crippen molar-refractivity contribution in [3.8, 4) is 0 Å². The second-order valence-electron chi connectivity index (χ2n) is 3.18. The van der Waals surface area contributed by atoms with Crippen LogP contribution in [-0.2, 0) is 12.6 Å². The van der Waals surface area contributed by atoms with Crippen LogP contribution in [0.3, 0.4) is 0 Å². The van der Waals surface area contributed by atoms with Crippen LogP contribution in [0.15, 0.2) is 12.1 Å². The van der Waals surface area contributed by atoms with Gasteiger partial charge in [0, 0.05) is 11.4 Å². The molecule has 78 valence electrons. The van der Waals surface area contributed by atoms with Crippen LogP contribution in [-0.4, -0.2) is 4.98 Å². The Kier molecular flexibility index (Phi) is 3.13. The minimum atomic E-state index is -4.29. The zero-order valence-electron chi connectivity index (χ0n) is 8.15. The van der Waals surface area contributed by atoms with E-state index in [-0.39, 0.29) is 5.69 Å². The molecule has 0 spiro atoms. The van der Waals surface area contributed by atoms with Crippen molar-refractivity contribution in [2.24, 2.45) is 0 Å². The first kappa shape index (κ1) is 11.0. The van der Waals surface area contributed by atoms with Crippen molar-refractivity contribution < 1.29 is 13.2 Å². The van der Waals surface area contributed by atoms with E-state index in [0.717, 1.165) is 24.6 Å². The van der Waals surface area contributed by atoms with E-state index in [2.05, 4.69) is 4.98 Å². The van der Waals surface area contributed by atoms with E-state index in [1.54, 1.807) is 0 Å². The minimum absolute atomic E-state index is 0.0588. The maximum Gasteiger partial charge on any atom is 0.418 e. The molecule has 1 aromatic heterocycles. The van der Waals surface area contributed by atoms with Gasteiger partial charge in [0.05, 0.1) is 5.56 Å². The average molecular weight is 203 g/mol. The van der Waals surface area contributed by atoms with E-state index >= 15 is 0 Å². The molecule has 1 aromatic rings. The summed E-state index contributed by atoms with van der Waals surface area (Å²) in [5.74, 6) is 0. The van der Waals surface area contributed by atoms with Crippen LogP contribution in [0.5, 0.6) is 0 Å². The Labute approximate surface area is 81.0 Å². The summed E-state index contributed by atoms with van der Waals surface area (Å²) in [4.78, 5) is 3.91. The Morgan fingerprint density at radius 3 is 2.36 bits per heavy atom. The van der Waals surface area contributed by atoms with Gasteiger partial charge in [0.15, 0.2) is 0 Å². The molecule has 0 atom stereocenters. The van der Waals surface area contributed by atoms with Crippen LogP contribution in [0.25, 0.3) is 0 Å². The molecule has 0 aliphatic carbocycles. The van der Waals surface area contributed by atoms with Gasteiger partial charge in [-0.2, -0.15) is 13.2 Å². The third-order valence-corrected chi connectivity index (χ3v) is 1.96. The first-order valence-electron chi connectivity index (χ1n) is 4.49. The molecule has 0 aliphatic rings. The number of aryl methyl sites for hydroxylation is 2. The van der Waals surface area contributed by atoms with Gasteiger partial charge in [0.25, 0.3) is 0 Å². The van der Waals surface area contributed by atoms with Gasteiger partial charge in [-0.15, -0.1) is 0 Å². The van der Waals surface area contributed by atoms with E-state index < -0.39 is 11.7 Å². The first-order valence-corrected chi connectivity index (χ1v) is 4.49. The summed E-state index contributed by atoms with van der Waals surface area (Å²) in [5.41, 5.74) is 0.138. The fraction of sp³-hybridized carbons (Fsp3) is 0.500. The normalized spacial score (nSPS) is 11.8. The van der Waals surface area contributed by atoms with Gasteiger partial charge < -0.3 is 0 Å². The van der Waals surface area contributed by atoms with Crippen molar-refractivity contribution in [2.75, 3.05) is 0 Å². The summed E-state index contributed by atoms with van der Waals surface area (Å²) in [6.07, 6.45) is -2.68. The molecule has 1 heterocycles. The van der Waals surface area contributed by atoms with Gasteiger partial charge in [-0.25, -0.2) is 0 Å². The fourth-order valence-corrected chi connectivity index (χ4v) is 1.31. The lowest BCUT2D eigenvalue weighted by Gasteiger charge is -2.10. The first-order chi connectivity index (χ1) is 6.45. The predicted molar refractivity (Wildman–Crippen MR) is 48.0 cm³/mol. The highest BCUT2D eigenvalue weighted by atomic mass is 19.4. The minimum Gasteiger partial charge on any atom is -0.258 e. The molecular weight excluding hydrogens is 191 g/mol. The second-order valence-corrected chi connectivity index (χ2v) is 3.18. The molecule has 0 saturated heterocycles. The Morgan fingerprint density at radius 2 is 1.93 bits per heavy atom. The second kappa shape index (κ2) is 3.98. The summed E-state index contributed by atoms with van der Waals surface area (Å²) in [6.45, 7) is 3.36. The molecule has 0 aliphatic heterocycles. The topological polar surface area (TPSA) is 12.9 Å². The van der Waals surface area contributed by atoms with Gasteiger partial charge in [-0.3, -0.25) is 4.98 Å². The van der Waals surface area contributed by atoms with Crippen molar-refractivity contribution in [2.45, 2.75) is 32.9 Å². The molecule has 0 bridgehead atoms. The Bertz CT molecular complexity index is 318. The zero-order valence-corrected chi connectivity index (χ0v) is 8.15. The molecule has 1 nitrogen and oxygen atoms in total. The standard InChI is InChI=1S/C10H12F3N/c1-3-4-8-5-6-9(7(2)14-8)10(11,12)13/h5-6H,3-4H2,1-2H3. The number of nitrogens with zero attached hydrogens (tertiary/aromatic N) is 1. The van der Waals surface area contributed by atoms with Gasteiger partial charge in [0.2, 0.25) is 0 Å². The lowest BCUT2D eigenvalue weighted by molar-refractivity contribution is -0.138. The average Bonchev–Trinajstić information content (AvgIpc) is 2.02. The molecule has 0 saturated carbocycles. The molecule has 0 amide bonds. The molecule has 4 heteroatoms. The molecule has 14 heavy (non-hydrogen) atoms. The van der Waals surface area contributed by atoms with Gasteiger partial charge >= 0.3 is 6.18 Å². The molecule has 0 aromatic carbocycles. The number of hydrogen-bond acceptors (Lipinski definition) is 1. The quantitative estimate of drug-likeness (QED) is 0.718. The highest BCUT2D eigenvalue weighted by Gasteiger charge is 2.32. The highest BCUT2D eigenvalue weighted by Crippen LogP contribution is 2.30. The third kappa shape index (κ3) is 2.47. The van der Waals surface area contributed by atoms with Crippen LogP contribution in [0.1, 0.15) is 30.3 Å². The van der Waals surface area contributed by atoms with Crippen molar-refractivity contribution in [1.82, 2.24) is 4.98 Å². The van der Waals surface area contributed by atoms with E-state index in [0.29, 0.717) is 0 Å². The predicted octanol–water partition coefficient (Wildman–Crippen LogP) is 3.36. The number of alkyl halides is 3. The van der Waals surface area contributed by atoms with Crippen molar-refractivity contribution in [3.63, 3.8) is 0 Å².